The lowest BCUT2D eigenvalue weighted by Crippen LogP contribution is -2.63. The Hall–Kier alpha value is -6.48. The molecule has 0 aromatic heterocycles. The highest BCUT2D eigenvalue weighted by Gasteiger charge is 2.52. The average molecular weight is 718 g/mol. The van der Waals surface area contributed by atoms with E-state index in [4.69, 9.17) is 0 Å². The van der Waals surface area contributed by atoms with Crippen molar-refractivity contribution in [2.24, 2.45) is 0 Å². The predicted octanol–water partition coefficient (Wildman–Crippen LogP) is 12.6. The number of para-hydroxylation sites is 1. The molecule has 0 bridgehead atoms. The highest BCUT2D eigenvalue weighted by molar-refractivity contribution is 7.01. The molecule has 9 aromatic carbocycles. The van der Waals surface area contributed by atoms with Crippen LogP contribution in [-0.2, 0) is 5.41 Å². The van der Waals surface area contributed by atoms with Crippen molar-refractivity contribution in [1.82, 2.24) is 0 Å². The molecule has 1 unspecified atom stereocenters. The molecule has 0 N–H and O–H groups in total. The van der Waals surface area contributed by atoms with Crippen LogP contribution in [0, 0.1) is 0 Å². The first-order valence-corrected chi connectivity index (χ1v) is 22.4. The van der Waals surface area contributed by atoms with Gasteiger partial charge in [-0.15, -0.1) is 0 Å². The summed E-state index contributed by atoms with van der Waals surface area (Å²) in [5.74, 6) is 0. The second-order valence-corrected chi connectivity index (χ2v) is 19.9. The van der Waals surface area contributed by atoms with Crippen LogP contribution in [0.5, 0.6) is 0 Å². The maximum absolute atomic E-state index is 2.56. The molecule has 1 nitrogen and oxygen atoms in total. The van der Waals surface area contributed by atoms with E-state index in [0.29, 0.717) is 0 Å². The predicted molar refractivity (Wildman–Crippen MR) is 236 cm³/mol. The molecule has 1 atom stereocenters. The molecule has 1 aliphatic carbocycles. The first-order chi connectivity index (χ1) is 27.1. The number of hydrogen-bond acceptors (Lipinski definition) is 1. The largest absolute Gasteiger partial charge is 0.310 e. The maximum Gasteiger partial charge on any atom is 0.113 e. The molecule has 0 radical (unpaired) electrons. The molecular formula is C53H39NSi. The summed E-state index contributed by atoms with van der Waals surface area (Å²) in [7, 11) is -2.25. The van der Waals surface area contributed by atoms with Crippen molar-refractivity contribution in [3.05, 3.63) is 222 Å². The van der Waals surface area contributed by atoms with Crippen molar-refractivity contribution >= 4 is 57.1 Å². The summed E-state index contributed by atoms with van der Waals surface area (Å²) < 4.78 is 0. The number of fused-ring (bicyclic) bond motifs is 9. The molecule has 11 rings (SSSR count). The van der Waals surface area contributed by atoms with Crippen LogP contribution in [-0.4, -0.2) is 8.07 Å². The summed E-state index contributed by atoms with van der Waals surface area (Å²) in [4.78, 5) is 2.49. The van der Waals surface area contributed by atoms with Gasteiger partial charge in [-0.2, -0.15) is 0 Å². The van der Waals surface area contributed by atoms with Gasteiger partial charge in [0.1, 0.15) is 8.07 Å². The molecule has 0 amide bonds. The molecule has 260 valence electrons. The van der Waals surface area contributed by atoms with Crippen LogP contribution < -0.4 is 15.3 Å². The van der Waals surface area contributed by atoms with Crippen LogP contribution in [0.3, 0.4) is 0 Å². The Kier molecular flexibility index (Phi) is 6.99. The molecule has 2 aliphatic rings. The number of benzene rings is 9. The van der Waals surface area contributed by atoms with E-state index in [-0.39, 0.29) is 0 Å². The first-order valence-electron chi connectivity index (χ1n) is 19.4. The minimum absolute atomic E-state index is 0.459. The topological polar surface area (TPSA) is 3.24 Å². The second kappa shape index (κ2) is 12.0. The zero-order chi connectivity index (χ0) is 36.7. The zero-order valence-electron chi connectivity index (χ0n) is 31.0. The lowest BCUT2D eigenvalue weighted by Gasteiger charge is -2.50. The summed E-state index contributed by atoms with van der Waals surface area (Å²) >= 11 is 0. The molecular weight excluding hydrogens is 679 g/mol. The molecule has 1 heterocycles. The fourth-order valence-electron chi connectivity index (χ4n) is 10.2. The molecule has 1 spiro atoms. The van der Waals surface area contributed by atoms with Gasteiger partial charge in [0.2, 0.25) is 0 Å². The van der Waals surface area contributed by atoms with Crippen LogP contribution in [0.15, 0.2) is 200 Å². The van der Waals surface area contributed by atoms with E-state index >= 15 is 0 Å². The molecule has 1 aliphatic heterocycles. The monoisotopic (exact) mass is 717 g/mol. The van der Waals surface area contributed by atoms with E-state index in [0.717, 1.165) is 5.69 Å². The minimum Gasteiger partial charge on any atom is -0.310 e. The van der Waals surface area contributed by atoms with Gasteiger partial charge in [0, 0.05) is 16.8 Å². The molecule has 2 heteroatoms. The van der Waals surface area contributed by atoms with Crippen molar-refractivity contribution in [2.75, 3.05) is 4.90 Å². The number of anilines is 3. The highest BCUT2D eigenvalue weighted by Crippen LogP contribution is 2.56. The summed E-state index contributed by atoms with van der Waals surface area (Å²) in [6.45, 7) is 5.11. The zero-order valence-corrected chi connectivity index (χ0v) is 32.0. The van der Waals surface area contributed by atoms with Gasteiger partial charge in [0.15, 0.2) is 0 Å². The van der Waals surface area contributed by atoms with Crippen molar-refractivity contribution < 1.29 is 0 Å². The molecule has 0 fully saturated rings. The minimum atomic E-state index is -2.25. The number of hydrogen-bond donors (Lipinski definition) is 0. The Balaban J connectivity index is 1.22. The van der Waals surface area contributed by atoms with E-state index in [9.17, 15) is 0 Å². The third kappa shape index (κ3) is 4.46. The second-order valence-electron chi connectivity index (χ2n) is 15.6. The lowest BCUT2D eigenvalue weighted by molar-refractivity contribution is 0.754. The van der Waals surface area contributed by atoms with Gasteiger partial charge >= 0.3 is 0 Å². The van der Waals surface area contributed by atoms with E-state index < -0.39 is 13.5 Å². The SMILES string of the molecule is C[Si]1(C)c2ccccc2C2(c3ccccc3-c3cccc4cccc2c34)c2ccc(N(c3ccccc3)c3cccc4c(-c5ccccc5)cccc34)cc21. The summed E-state index contributed by atoms with van der Waals surface area (Å²) in [6, 6.07) is 75.0. The van der Waals surface area contributed by atoms with Crippen molar-refractivity contribution in [1.29, 1.82) is 0 Å². The third-order valence-electron chi connectivity index (χ3n) is 12.5. The number of nitrogens with zero attached hydrogens (tertiary/aromatic N) is 1. The van der Waals surface area contributed by atoms with Crippen molar-refractivity contribution in [3.8, 4) is 22.3 Å². The summed E-state index contributed by atoms with van der Waals surface area (Å²) in [6.07, 6.45) is 0. The van der Waals surface area contributed by atoms with Gasteiger partial charge in [-0.05, 0) is 101 Å². The first kappa shape index (κ1) is 32.0. The maximum atomic E-state index is 2.56. The van der Waals surface area contributed by atoms with E-state index in [1.54, 1.807) is 0 Å². The van der Waals surface area contributed by atoms with Gasteiger partial charge in [0.25, 0.3) is 0 Å². The Morgan fingerprint density at radius 2 is 1.00 bits per heavy atom. The van der Waals surface area contributed by atoms with E-state index in [1.807, 2.05) is 0 Å². The molecule has 9 aromatic rings. The quantitative estimate of drug-likeness (QED) is 0.164. The Morgan fingerprint density at radius 1 is 0.400 bits per heavy atom. The molecule has 0 saturated carbocycles. The van der Waals surface area contributed by atoms with Crippen LogP contribution in [0.4, 0.5) is 17.1 Å². The standard InChI is InChI=1S/C53H39NSi/c1-55(2)50-32-12-11-29-46(50)53(45-28-10-9-23-42(45)44-27-13-19-37-20-14-30-48(53)52(37)44)47-34-33-39(35-51(47)55)54(38-21-7-4-8-22-38)49-31-16-25-41-40(24-15-26-43(41)49)36-17-5-3-6-18-36/h3-35H,1-2H3. The van der Waals surface area contributed by atoms with Crippen LogP contribution in [0.2, 0.25) is 13.1 Å². The van der Waals surface area contributed by atoms with E-state index in [1.165, 1.54) is 87.8 Å². The Bertz CT molecular complexity index is 2960. The van der Waals surface area contributed by atoms with Gasteiger partial charge in [-0.25, -0.2) is 0 Å². The summed E-state index contributed by atoms with van der Waals surface area (Å²) in [5, 5.41) is 8.13. The van der Waals surface area contributed by atoms with Crippen molar-refractivity contribution in [2.45, 2.75) is 18.5 Å². The van der Waals surface area contributed by atoms with E-state index in [2.05, 4.69) is 218 Å². The highest BCUT2D eigenvalue weighted by atomic mass is 28.3. The smallest absolute Gasteiger partial charge is 0.113 e. The fraction of sp³-hybridized carbons (Fsp3) is 0.0566. The van der Waals surface area contributed by atoms with Gasteiger partial charge in [-0.1, -0.05) is 183 Å². The average Bonchev–Trinajstić information content (AvgIpc) is 3.25. The third-order valence-corrected chi connectivity index (χ3v) is 16.1. The van der Waals surface area contributed by atoms with Crippen LogP contribution in [0.1, 0.15) is 22.3 Å². The van der Waals surface area contributed by atoms with Crippen LogP contribution >= 0.6 is 0 Å². The molecule has 55 heavy (non-hydrogen) atoms. The fourth-order valence-corrected chi connectivity index (χ4v) is 13.4. The Labute approximate surface area is 323 Å². The number of rotatable bonds is 4. The normalized spacial score (nSPS) is 16.0. The van der Waals surface area contributed by atoms with Crippen molar-refractivity contribution in [3.63, 3.8) is 0 Å². The molecule has 0 saturated heterocycles. The van der Waals surface area contributed by atoms with Gasteiger partial charge in [-0.3, -0.25) is 0 Å². The van der Waals surface area contributed by atoms with Gasteiger partial charge < -0.3 is 4.90 Å². The summed E-state index contributed by atoms with van der Waals surface area (Å²) in [5.41, 5.74) is 13.8. The Morgan fingerprint density at radius 3 is 1.84 bits per heavy atom. The van der Waals surface area contributed by atoms with Gasteiger partial charge in [0.05, 0.1) is 11.1 Å². The van der Waals surface area contributed by atoms with Crippen LogP contribution in [0.25, 0.3) is 43.8 Å². The lowest BCUT2D eigenvalue weighted by atomic mass is 9.59.